The summed E-state index contributed by atoms with van der Waals surface area (Å²) in [6.45, 7) is 0.834. The summed E-state index contributed by atoms with van der Waals surface area (Å²) < 4.78 is 31.4. The molecule has 1 heterocycles. The minimum absolute atomic E-state index is 0.0844. The normalized spacial score (nSPS) is 19.6. The minimum Gasteiger partial charge on any atom is -0.497 e. The summed E-state index contributed by atoms with van der Waals surface area (Å²) in [4.78, 5) is 10.8. The van der Waals surface area contributed by atoms with E-state index in [-0.39, 0.29) is 17.2 Å². The number of rotatable bonds is 6. The Kier molecular flexibility index (Phi) is 4.84. The summed E-state index contributed by atoms with van der Waals surface area (Å²) in [5, 5.41) is 8.68. The fraction of sp³-hybridized carbons (Fsp3) is 0.500. The highest BCUT2D eigenvalue weighted by atomic mass is 32.2. The predicted octanol–water partition coefficient (Wildman–Crippen LogP) is 1.57. The van der Waals surface area contributed by atoms with E-state index in [1.165, 1.54) is 23.5 Å². The number of hydrogen-bond acceptors (Lipinski definition) is 4. The Morgan fingerprint density at radius 2 is 2.05 bits per heavy atom. The van der Waals surface area contributed by atoms with Gasteiger partial charge in [0.2, 0.25) is 10.0 Å². The van der Waals surface area contributed by atoms with E-state index in [0.29, 0.717) is 31.7 Å². The van der Waals surface area contributed by atoms with Crippen molar-refractivity contribution in [2.24, 2.45) is 5.92 Å². The van der Waals surface area contributed by atoms with E-state index in [1.54, 1.807) is 12.1 Å². The molecule has 21 heavy (non-hydrogen) atoms. The Bertz CT molecular complexity index is 596. The molecule has 1 aromatic carbocycles. The van der Waals surface area contributed by atoms with Crippen LogP contribution in [0.3, 0.4) is 0 Å². The number of methoxy groups -OCH3 is 1. The number of hydrogen-bond donors (Lipinski definition) is 1. The molecule has 1 aliphatic rings. The number of carboxylic acids is 1. The first kappa shape index (κ1) is 15.8. The zero-order valence-corrected chi connectivity index (χ0v) is 12.7. The van der Waals surface area contributed by atoms with Crippen LogP contribution < -0.4 is 4.74 Å². The molecule has 1 fully saturated rings. The van der Waals surface area contributed by atoms with Gasteiger partial charge >= 0.3 is 5.97 Å². The maximum Gasteiger partial charge on any atom is 0.303 e. The second kappa shape index (κ2) is 6.44. The maximum absolute atomic E-state index is 12.5. The number of carbonyl (C=O) groups is 1. The summed E-state index contributed by atoms with van der Waals surface area (Å²) >= 11 is 0. The van der Waals surface area contributed by atoms with E-state index in [9.17, 15) is 13.2 Å². The van der Waals surface area contributed by atoms with Crippen LogP contribution in [0, 0.1) is 5.92 Å². The molecule has 0 spiro atoms. The average Bonchev–Trinajstić information content (AvgIpc) is 2.95. The van der Waals surface area contributed by atoms with E-state index < -0.39 is 16.0 Å². The monoisotopic (exact) mass is 313 g/mol. The molecular formula is C14H19NO5S. The van der Waals surface area contributed by atoms with Gasteiger partial charge in [0, 0.05) is 19.5 Å². The molecule has 6 nitrogen and oxygen atoms in total. The number of aliphatic carboxylic acids is 1. The van der Waals surface area contributed by atoms with Crippen LogP contribution in [0.4, 0.5) is 0 Å². The first-order valence-corrected chi connectivity index (χ1v) is 8.23. The van der Waals surface area contributed by atoms with Gasteiger partial charge in [-0.15, -0.1) is 0 Å². The summed E-state index contributed by atoms with van der Waals surface area (Å²) in [6.07, 6.45) is 1.31. The molecule has 116 valence electrons. The molecule has 1 N–H and O–H groups in total. The third-order valence-electron chi connectivity index (χ3n) is 3.71. The van der Waals surface area contributed by atoms with Crippen molar-refractivity contribution in [2.75, 3.05) is 20.2 Å². The zero-order valence-electron chi connectivity index (χ0n) is 11.9. The smallest absolute Gasteiger partial charge is 0.303 e. The summed E-state index contributed by atoms with van der Waals surface area (Å²) in [6, 6.07) is 6.28. The van der Waals surface area contributed by atoms with Gasteiger partial charge in [-0.2, -0.15) is 4.31 Å². The van der Waals surface area contributed by atoms with E-state index in [2.05, 4.69) is 0 Å². The van der Waals surface area contributed by atoms with Crippen LogP contribution >= 0.6 is 0 Å². The Morgan fingerprint density at radius 1 is 1.38 bits per heavy atom. The number of benzene rings is 1. The topological polar surface area (TPSA) is 83.9 Å². The van der Waals surface area contributed by atoms with Gasteiger partial charge in [0.15, 0.2) is 0 Å². The second-order valence-electron chi connectivity index (χ2n) is 5.13. The molecule has 1 aliphatic heterocycles. The molecule has 0 aliphatic carbocycles. The van der Waals surface area contributed by atoms with Crippen molar-refractivity contribution < 1.29 is 23.1 Å². The molecule has 7 heteroatoms. The van der Waals surface area contributed by atoms with Gasteiger partial charge in [0.05, 0.1) is 12.0 Å². The maximum atomic E-state index is 12.5. The highest BCUT2D eigenvalue weighted by Gasteiger charge is 2.32. The van der Waals surface area contributed by atoms with Crippen LogP contribution in [-0.2, 0) is 14.8 Å². The van der Waals surface area contributed by atoms with Gasteiger partial charge in [-0.1, -0.05) is 0 Å². The van der Waals surface area contributed by atoms with Crippen molar-refractivity contribution in [1.82, 2.24) is 4.31 Å². The fourth-order valence-corrected chi connectivity index (χ4v) is 4.01. The van der Waals surface area contributed by atoms with Crippen LogP contribution in [0.15, 0.2) is 29.2 Å². The standard InChI is InChI=1S/C14H19NO5S/c1-20-12-3-5-13(6-4-12)21(18,19)15-9-8-11(10-15)2-7-14(16)17/h3-6,11H,2,7-10H2,1H3,(H,16,17). The van der Waals surface area contributed by atoms with Crippen molar-refractivity contribution in [3.63, 3.8) is 0 Å². The van der Waals surface area contributed by atoms with Crippen molar-refractivity contribution in [3.05, 3.63) is 24.3 Å². The lowest BCUT2D eigenvalue weighted by Crippen LogP contribution is -2.28. The quantitative estimate of drug-likeness (QED) is 0.862. The molecule has 0 bridgehead atoms. The van der Waals surface area contributed by atoms with Crippen molar-refractivity contribution in [2.45, 2.75) is 24.2 Å². The van der Waals surface area contributed by atoms with E-state index >= 15 is 0 Å². The van der Waals surface area contributed by atoms with E-state index in [4.69, 9.17) is 9.84 Å². The molecule has 2 rings (SSSR count). The number of sulfonamides is 1. The summed E-state index contributed by atoms with van der Waals surface area (Å²) in [5.41, 5.74) is 0. The highest BCUT2D eigenvalue weighted by molar-refractivity contribution is 7.89. The lowest BCUT2D eigenvalue weighted by molar-refractivity contribution is -0.137. The third-order valence-corrected chi connectivity index (χ3v) is 5.59. The Morgan fingerprint density at radius 3 is 2.62 bits per heavy atom. The van der Waals surface area contributed by atoms with Crippen molar-refractivity contribution >= 4 is 16.0 Å². The van der Waals surface area contributed by atoms with Gasteiger partial charge < -0.3 is 9.84 Å². The van der Waals surface area contributed by atoms with Gasteiger partial charge in [0.25, 0.3) is 0 Å². The predicted molar refractivity (Wildman–Crippen MR) is 76.7 cm³/mol. The van der Waals surface area contributed by atoms with E-state index in [1.807, 2.05) is 0 Å². The van der Waals surface area contributed by atoms with Crippen LogP contribution in [0.1, 0.15) is 19.3 Å². The summed E-state index contributed by atoms with van der Waals surface area (Å²) in [5.74, 6) is -0.115. The van der Waals surface area contributed by atoms with Crippen LogP contribution in [0.25, 0.3) is 0 Å². The number of ether oxygens (including phenoxy) is 1. The lowest BCUT2D eigenvalue weighted by Gasteiger charge is -2.16. The van der Waals surface area contributed by atoms with Gasteiger partial charge in [-0.3, -0.25) is 4.79 Å². The third kappa shape index (κ3) is 3.74. The van der Waals surface area contributed by atoms with Crippen LogP contribution in [-0.4, -0.2) is 44.0 Å². The van der Waals surface area contributed by atoms with Crippen LogP contribution in [0.5, 0.6) is 5.75 Å². The largest absolute Gasteiger partial charge is 0.497 e. The zero-order chi connectivity index (χ0) is 15.5. The second-order valence-corrected chi connectivity index (χ2v) is 7.06. The van der Waals surface area contributed by atoms with Gasteiger partial charge in [-0.25, -0.2) is 8.42 Å². The highest BCUT2D eigenvalue weighted by Crippen LogP contribution is 2.27. The Balaban J connectivity index is 2.04. The molecule has 1 atom stereocenters. The van der Waals surface area contributed by atoms with Crippen molar-refractivity contribution in [1.29, 1.82) is 0 Å². The van der Waals surface area contributed by atoms with Crippen molar-refractivity contribution in [3.8, 4) is 5.75 Å². The first-order chi connectivity index (χ1) is 9.93. The average molecular weight is 313 g/mol. The molecule has 0 aromatic heterocycles. The number of nitrogens with zero attached hydrogens (tertiary/aromatic N) is 1. The Labute approximate surface area is 124 Å². The minimum atomic E-state index is -3.50. The van der Waals surface area contributed by atoms with E-state index in [0.717, 1.165) is 0 Å². The lowest BCUT2D eigenvalue weighted by atomic mass is 10.0. The molecule has 1 unspecified atom stereocenters. The number of carboxylic acid groups (broad SMARTS) is 1. The molecule has 0 saturated carbocycles. The molecule has 0 amide bonds. The van der Waals surface area contributed by atoms with Gasteiger partial charge in [-0.05, 0) is 43.0 Å². The fourth-order valence-electron chi connectivity index (χ4n) is 2.48. The summed E-state index contributed by atoms with van der Waals surface area (Å²) in [7, 11) is -1.98. The molecule has 1 aromatic rings. The van der Waals surface area contributed by atoms with Gasteiger partial charge in [0.1, 0.15) is 5.75 Å². The molecular weight excluding hydrogens is 294 g/mol. The Hall–Kier alpha value is -1.60. The molecule has 1 saturated heterocycles. The molecule has 0 radical (unpaired) electrons. The first-order valence-electron chi connectivity index (χ1n) is 6.79. The van der Waals surface area contributed by atoms with Crippen LogP contribution in [0.2, 0.25) is 0 Å². The SMILES string of the molecule is COc1ccc(S(=O)(=O)N2CCC(CCC(=O)O)C2)cc1.